The van der Waals surface area contributed by atoms with E-state index in [0.29, 0.717) is 17.5 Å². The molecular formula is C24H25FN2O. The van der Waals surface area contributed by atoms with Crippen molar-refractivity contribution in [2.45, 2.75) is 38.5 Å². The van der Waals surface area contributed by atoms with E-state index in [2.05, 4.69) is 22.4 Å². The average Bonchev–Trinajstić information content (AvgIpc) is 2.74. The fourth-order valence-electron chi connectivity index (χ4n) is 4.27. The van der Waals surface area contributed by atoms with Crippen LogP contribution in [0.3, 0.4) is 0 Å². The second-order valence-corrected chi connectivity index (χ2v) is 7.86. The number of nitrogens with one attached hydrogen (secondary N) is 1. The SMILES string of the molecule is CC(C(=O)Nc1ccc(F)cc1)[C@H]1CC[C@H](c2cnc3ccccc3c2)CC1. The Bertz CT molecular complexity index is 962. The van der Waals surface area contributed by atoms with E-state index in [9.17, 15) is 9.18 Å². The predicted molar refractivity (Wildman–Crippen MR) is 111 cm³/mol. The van der Waals surface area contributed by atoms with Gasteiger partial charge in [-0.1, -0.05) is 25.1 Å². The van der Waals surface area contributed by atoms with Gasteiger partial charge >= 0.3 is 0 Å². The summed E-state index contributed by atoms with van der Waals surface area (Å²) in [5, 5.41) is 4.10. The van der Waals surface area contributed by atoms with Gasteiger partial charge in [-0.15, -0.1) is 0 Å². The summed E-state index contributed by atoms with van der Waals surface area (Å²) in [7, 11) is 0. The third-order valence-electron chi connectivity index (χ3n) is 6.09. The lowest BCUT2D eigenvalue weighted by molar-refractivity contribution is -0.121. The van der Waals surface area contributed by atoms with Crippen LogP contribution >= 0.6 is 0 Å². The van der Waals surface area contributed by atoms with Gasteiger partial charge in [-0.05, 0) is 79.5 Å². The largest absolute Gasteiger partial charge is 0.326 e. The van der Waals surface area contributed by atoms with Gasteiger partial charge in [0.1, 0.15) is 5.82 Å². The molecule has 0 aliphatic heterocycles. The fraction of sp³-hybridized carbons (Fsp3) is 0.333. The number of para-hydroxylation sites is 1. The maximum absolute atomic E-state index is 13.0. The molecule has 0 saturated heterocycles. The summed E-state index contributed by atoms with van der Waals surface area (Å²) in [5.74, 6) is 0.557. The lowest BCUT2D eigenvalue weighted by atomic mass is 9.74. The number of carbonyl (C=O) groups excluding carboxylic acids is 1. The van der Waals surface area contributed by atoms with E-state index in [4.69, 9.17) is 0 Å². The van der Waals surface area contributed by atoms with E-state index in [1.807, 2.05) is 31.3 Å². The van der Waals surface area contributed by atoms with Crippen molar-refractivity contribution in [3.05, 3.63) is 72.2 Å². The second-order valence-electron chi connectivity index (χ2n) is 7.86. The van der Waals surface area contributed by atoms with E-state index < -0.39 is 0 Å². The van der Waals surface area contributed by atoms with Gasteiger partial charge in [0.05, 0.1) is 5.52 Å². The molecule has 2 aromatic carbocycles. The number of nitrogens with zero attached hydrogens (tertiary/aromatic N) is 1. The van der Waals surface area contributed by atoms with E-state index >= 15 is 0 Å². The van der Waals surface area contributed by atoms with Gasteiger partial charge in [-0.2, -0.15) is 0 Å². The van der Waals surface area contributed by atoms with Crippen LogP contribution in [0.5, 0.6) is 0 Å². The first kappa shape index (κ1) is 18.6. The normalized spacial score (nSPS) is 20.6. The Morgan fingerprint density at radius 1 is 1.07 bits per heavy atom. The summed E-state index contributed by atoms with van der Waals surface area (Å²) in [4.78, 5) is 17.2. The van der Waals surface area contributed by atoms with Crippen LogP contribution in [0.4, 0.5) is 10.1 Å². The predicted octanol–water partition coefficient (Wildman–Crippen LogP) is 5.92. The summed E-state index contributed by atoms with van der Waals surface area (Å²) in [5.41, 5.74) is 2.99. The van der Waals surface area contributed by atoms with Gasteiger partial charge < -0.3 is 5.32 Å². The van der Waals surface area contributed by atoms with Gasteiger partial charge in [-0.25, -0.2) is 4.39 Å². The zero-order valence-corrected chi connectivity index (χ0v) is 16.1. The highest BCUT2D eigenvalue weighted by Crippen LogP contribution is 2.39. The maximum Gasteiger partial charge on any atom is 0.227 e. The fourth-order valence-corrected chi connectivity index (χ4v) is 4.27. The van der Waals surface area contributed by atoms with Gasteiger partial charge in [0.15, 0.2) is 0 Å². The molecular weight excluding hydrogens is 351 g/mol. The molecule has 1 atom stereocenters. The molecule has 1 saturated carbocycles. The molecule has 28 heavy (non-hydrogen) atoms. The molecule has 1 aliphatic carbocycles. The van der Waals surface area contributed by atoms with Gasteiger partial charge in [0, 0.05) is 23.2 Å². The summed E-state index contributed by atoms with van der Waals surface area (Å²) >= 11 is 0. The summed E-state index contributed by atoms with van der Waals surface area (Å²) in [6, 6.07) is 16.4. The topological polar surface area (TPSA) is 42.0 Å². The Kier molecular flexibility index (Phi) is 5.38. The number of halogens is 1. The lowest BCUT2D eigenvalue weighted by Crippen LogP contribution is -2.29. The molecule has 3 nitrogen and oxygen atoms in total. The molecule has 4 rings (SSSR count). The number of aromatic nitrogens is 1. The molecule has 0 radical (unpaired) electrons. The Hall–Kier alpha value is -2.75. The van der Waals surface area contributed by atoms with Crippen molar-refractivity contribution >= 4 is 22.5 Å². The Morgan fingerprint density at radius 2 is 1.79 bits per heavy atom. The molecule has 144 valence electrons. The monoisotopic (exact) mass is 376 g/mol. The number of fused-ring (bicyclic) bond motifs is 1. The van der Waals surface area contributed by atoms with Crippen molar-refractivity contribution < 1.29 is 9.18 Å². The number of hydrogen-bond donors (Lipinski definition) is 1. The van der Waals surface area contributed by atoms with Crippen molar-refractivity contribution in [3.63, 3.8) is 0 Å². The van der Waals surface area contributed by atoms with Crippen molar-refractivity contribution in [1.29, 1.82) is 0 Å². The highest BCUT2D eigenvalue weighted by Gasteiger charge is 2.29. The molecule has 1 heterocycles. The number of rotatable bonds is 4. The minimum absolute atomic E-state index is 0.0161. The maximum atomic E-state index is 13.0. The van der Waals surface area contributed by atoms with Crippen molar-refractivity contribution in [3.8, 4) is 0 Å². The third-order valence-corrected chi connectivity index (χ3v) is 6.09. The first-order valence-corrected chi connectivity index (χ1v) is 10.0. The Balaban J connectivity index is 1.36. The number of pyridine rings is 1. The standard InChI is InChI=1S/C24H25FN2O/c1-16(24(28)27-22-12-10-21(25)11-13-22)17-6-8-18(9-7-17)20-14-19-4-2-3-5-23(19)26-15-20/h2-5,10-18H,6-9H2,1H3,(H,27,28)/t16?,17-,18-. The number of benzene rings is 2. The Labute approximate surface area is 165 Å². The van der Waals surface area contributed by atoms with Crippen LogP contribution in [0.25, 0.3) is 10.9 Å². The smallest absolute Gasteiger partial charge is 0.227 e. The van der Waals surface area contributed by atoms with Crippen LogP contribution in [0, 0.1) is 17.7 Å². The van der Waals surface area contributed by atoms with Crippen LogP contribution in [0.15, 0.2) is 60.8 Å². The van der Waals surface area contributed by atoms with Gasteiger partial charge in [0.2, 0.25) is 5.91 Å². The molecule has 1 N–H and O–H groups in total. The van der Waals surface area contributed by atoms with E-state index in [-0.39, 0.29) is 17.6 Å². The second kappa shape index (κ2) is 8.09. The van der Waals surface area contributed by atoms with Crippen molar-refractivity contribution in [2.75, 3.05) is 5.32 Å². The molecule has 1 aliphatic rings. The molecule has 3 aromatic rings. The number of hydrogen-bond acceptors (Lipinski definition) is 2. The molecule has 4 heteroatoms. The van der Waals surface area contributed by atoms with Crippen LogP contribution in [-0.2, 0) is 4.79 Å². The molecule has 1 aromatic heterocycles. The first-order chi connectivity index (χ1) is 13.6. The highest BCUT2D eigenvalue weighted by atomic mass is 19.1. The molecule has 1 amide bonds. The summed E-state index contributed by atoms with van der Waals surface area (Å²) < 4.78 is 13.0. The van der Waals surface area contributed by atoms with Crippen LogP contribution in [0.1, 0.15) is 44.1 Å². The zero-order chi connectivity index (χ0) is 19.5. The number of amides is 1. The molecule has 0 spiro atoms. The quantitative estimate of drug-likeness (QED) is 0.614. The third kappa shape index (κ3) is 4.06. The molecule has 0 bridgehead atoms. The number of anilines is 1. The first-order valence-electron chi connectivity index (χ1n) is 10.0. The lowest BCUT2D eigenvalue weighted by Gasteiger charge is -2.32. The van der Waals surface area contributed by atoms with Crippen LogP contribution in [0.2, 0.25) is 0 Å². The van der Waals surface area contributed by atoms with E-state index in [1.165, 1.54) is 23.1 Å². The van der Waals surface area contributed by atoms with E-state index in [1.54, 1.807) is 12.1 Å². The zero-order valence-electron chi connectivity index (χ0n) is 16.1. The van der Waals surface area contributed by atoms with Crippen molar-refractivity contribution in [2.24, 2.45) is 11.8 Å². The molecule has 1 unspecified atom stereocenters. The minimum Gasteiger partial charge on any atom is -0.326 e. The highest BCUT2D eigenvalue weighted by molar-refractivity contribution is 5.92. The van der Waals surface area contributed by atoms with Crippen LogP contribution < -0.4 is 5.32 Å². The summed E-state index contributed by atoms with van der Waals surface area (Å²) in [6.07, 6.45) is 6.25. The van der Waals surface area contributed by atoms with E-state index in [0.717, 1.165) is 31.2 Å². The molecule has 1 fully saturated rings. The number of carbonyl (C=O) groups is 1. The minimum atomic E-state index is -0.299. The Morgan fingerprint density at radius 3 is 2.54 bits per heavy atom. The van der Waals surface area contributed by atoms with Gasteiger partial charge in [-0.3, -0.25) is 9.78 Å². The average molecular weight is 376 g/mol. The van der Waals surface area contributed by atoms with Gasteiger partial charge in [0.25, 0.3) is 0 Å². The van der Waals surface area contributed by atoms with Crippen molar-refractivity contribution in [1.82, 2.24) is 4.98 Å². The summed E-state index contributed by atoms with van der Waals surface area (Å²) in [6.45, 7) is 2.00. The van der Waals surface area contributed by atoms with Crippen LogP contribution in [-0.4, -0.2) is 10.9 Å².